The first-order valence-corrected chi connectivity index (χ1v) is 9.66. The number of hydrogen-bond acceptors (Lipinski definition) is 3. The maximum atomic E-state index is 6.08. The summed E-state index contributed by atoms with van der Waals surface area (Å²) in [6.45, 7) is 10.7. The lowest BCUT2D eigenvalue weighted by Crippen LogP contribution is -2.49. The predicted octanol–water partition coefficient (Wildman–Crippen LogP) is 2.84. The number of para-hydroxylation sites is 1. The van der Waals surface area contributed by atoms with Crippen LogP contribution in [0.15, 0.2) is 35.3 Å². The van der Waals surface area contributed by atoms with Crippen molar-refractivity contribution >= 4 is 5.96 Å². The summed E-state index contributed by atoms with van der Waals surface area (Å²) in [4.78, 5) is 9.28. The van der Waals surface area contributed by atoms with Crippen LogP contribution >= 0.6 is 0 Å². The Hall–Kier alpha value is -1.75. The maximum Gasteiger partial charge on any atom is 0.193 e. The molecule has 1 heterocycles. The molecule has 0 unspecified atom stereocenters. The number of nitrogens with one attached hydrogen (secondary N) is 1. The SMILES string of the molecule is CCCN(CC)CCNC(=NC)N1CCC(Oc2ccccc2)CC1. The van der Waals surface area contributed by atoms with Crippen LogP contribution in [0, 0.1) is 0 Å². The fourth-order valence-electron chi connectivity index (χ4n) is 3.28. The first kappa shape index (κ1) is 19.6. The highest BCUT2D eigenvalue weighted by atomic mass is 16.5. The van der Waals surface area contributed by atoms with Crippen molar-refractivity contribution in [2.45, 2.75) is 39.2 Å². The molecule has 5 nitrogen and oxygen atoms in total. The number of aliphatic imine (C=N–C) groups is 1. The summed E-state index contributed by atoms with van der Waals surface area (Å²) in [5.74, 6) is 1.99. The maximum absolute atomic E-state index is 6.08. The van der Waals surface area contributed by atoms with Crippen molar-refractivity contribution in [3.63, 3.8) is 0 Å². The second-order valence-electron chi connectivity index (χ2n) is 6.53. The second kappa shape index (κ2) is 11.0. The molecule has 1 aliphatic heterocycles. The fraction of sp³-hybridized carbons (Fsp3) is 0.650. The van der Waals surface area contributed by atoms with Crippen molar-refractivity contribution in [3.8, 4) is 5.75 Å². The van der Waals surface area contributed by atoms with Gasteiger partial charge in [-0.15, -0.1) is 0 Å². The van der Waals surface area contributed by atoms with E-state index in [-0.39, 0.29) is 0 Å². The molecule has 0 atom stereocenters. The van der Waals surface area contributed by atoms with Gasteiger partial charge in [0.25, 0.3) is 0 Å². The zero-order valence-electron chi connectivity index (χ0n) is 16.1. The number of likely N-dealkylation sites (N-methyl/N-ethyl adjacent to an activating group) is 1. The molecule has 0 radical (unpaired) electrons. The Balaban J connectivity index is 1.72. The first-order chi connectivity index (χ1) is 12.3. The molecule has 1 aromatic carbocycles. The number of benzene rings is 1. The summed E-state index contributed by atoms with van der Waals surface area (Å²) < 4.78 is 6.08. The van der Waals surface area contributed by atoms with Crippen molar-refractivity contribution in [1.82, 2.24) is 15.1 Å². The third-order valence-electron chi connectivity index (χ3n) is 4.70. The van der Waals surface area contributed by atoms with Crippen LogP contribution in [0.5, 0.6) is 5.75 Å². The fourth-order valence-corrected chi connectivity index (χ4v) is 3.28. The van der Waals surface area contributed by atoms with Gasteiger partial charge < -0.3 is 19.9 Å². The van der Waals surface area contributed by atoms with Crippen LogP contribution in [0.1, 0.15) is 33.1 Å². The molecule has 1 saturated heterocycles. The van der Waals surface area contributed by atoms with Gasteiger partial charge in [-0.05, 0) is 31.6 Å². The van der Waals surface area contributed by atoms with E-state index >= 15 is 0 Å². The number of nitrogens with zero attached hydrogens (tertiary/aromatic N) is 3. The molecule has 5 heteroatoms. The molecule has 0 bridgehead atoms. The Labute approximate surface area is 153 Å². The standard InChI is InChI=1S/C20H34N4O/c1-4-14-23(5-2)17-13-22-20(21-3)24-15-11-19(12-16-24)25-18-9-7-6-8-10-18/h6-10,19H,4-5,11-17H2,1-3H3,(H,21,22). The Morgan fingerprint density at radius 1 is 1.20 bits per heavy atom. The number of hydrogen-bond donors (Lipinski definition) is 1. The topological polar surface area (TPSA) is 40.1 Å². The third-order valence-corrected chi connectivity index (χ3v) is 4.70. The Morgan fingerprint density at radius 3 is 2.52 bits per heavy atom. The molecule has 1 aliphatic rings. The van der Waals surface area contributed by atoms with Gasteiger partial charge in [-0.25, -0.2) is 0 Å². The molecule has 0 aliphatic carbocycles. The lowest BCUT2D eigenvalue weighted by Gasteiger charge is -2.34. The van der Waals surface area contributed by atoms with Gasteiger partial charge in [0.05, 0.1) is 0 Å². The van der Waals surface area contributed by atoms with Gasteiger partial charge in [-0.1, -0.05) is 32.0 Å². The van der Waals surface area contributed by atoms with Crippen molar-refractivity contribution in [2.75, 3.05) is 46.3 Å². The van der Waals surface area contributed by atoms with E-state index in [9.17, 15) is 0 Å². The summed E-state index contributed by atoms with van der Waals surface area (Å²) >= 11 is 0. The van der Waals surface area contributed by atoms with Crippen molar-refractivity contribution in [1.29, 1.82) is 0 Å². The van der Waals surface area contributed by atoms with Gasteiger partial charge in [-0.3, -0.25) is 4.99 Å². The van der Waals surface area contributed by atoms with Gasteiger partial charge in [0.2, 0.25) is 0 Å². The summed E-state index contributed by atoms with van der Waals surface area (Å²) in [5, 5.41) is 3.52. The Morgan fingerprint density at radius 2 is 1.92 bits per heavy atom. The quantitative estimate of drug-likeness (QED) is 0.580. The van der Waals surface area contributed by atoms with E-state index in [2.05, 4.69) is 34.0 Å². The largest absolute Gasteiger partial charge is 0.490 e. The van der Waals surface area contributed by atoms with E-state index in [1.165, 1.54) is 13.0 Å². The van der Waals surface area contributed by atoms with E-state index in [0.717, 1.165) is 57.3 Å². The van der Waals surface area contributed by atoms with Gasteiger partial charge in [0.1, 0.15) is 11.9 Å². The molecule has 0 spiro atoms. The van der Waals surface area contributed by atoms with Crippen LogP contribution in [-0.2, 0) is 0 Å². The molecule has 1 aromatic rings. The number of ether oxygens (including phenoxy) is 1. The van der Waals surface area contributed by atoms with Crippen LogP contribution in [0.2, 0.25) is 0 Å². The first-order valence-electron chi connectivity index (χ1n) is 9.66. The minimum atomic E-state index is 0.303. The van der Waals surface area contributed by atoms with E-state index < -0.39 is 0 Å². The molecule has 2 rings (SSSR count). The molecule has 1 N–H and O–H groups in total. The molecule has 0 amide bonds. The Bertz CT molecular complexity index is 498. The number of rotatable bonds is 8. The highest BCUT2D eigenvalue weighted by molar-refractivity contribution is 5.79. The zero-order chi connectivity index (χ0) is 17.9. The highest BCUT2D eigenvalue weighted by Gasteiger charge is 2.22. The number of piperidine rings is 1. The van der Waals surface area contributed by atoms with Gasteiger partial charge in [0, 0.05) is 46.1 Å². The second-order valence-corrected chi connectivity index (χ2v) is 6.53. The summed E-state index contributed by atoms with van der Waals surface area (Å²) in [6, 6.07) is 10.1. The molecule has 0 aromatic heterocycles. The normalized spacial score (nSPS) is 16.3. The number of guanidine groups is 1. The van der Waals surface area contributed by atoms with Gasteiger partial charge >= 0.3 is 0 Å². The zero-order valence-corrected chi connectivity index (χ0v) is 16.1. The minimum Gasteiger partial charge on any atom is -0.490 e. The number of likely N-dealkylation sites (tertiary alicyclic amines) is 1. The molecule has 25 heavy (non-hydrogen) atoms. The van der Waals surface area contributed by atoms with Gasteiger partial charge in [-0.2, -0.15) is 0 Å². The summed E-state index contributed by atoms with van der Waals surface area (Å²) in [7, 11) is 1.87. The van der Waals surface area contributed by atoms with E-state index in [1.54, 1.807) is 0 Å². The predicted molar refractivity (Wildman–Crippen MR) is 105 cm³/mol. The van der Waals surface area contributed by atoms with Crippen LogP contribution in [0.3, 0.4) is 0 Å². The summed E-state index contributed by atoms with van der Waals surface area (Å²) in [6.07, 6.45) is 3.58. The average Bonchev–Trinajstić information content (AvgIpc) is 2.66. The van der Waals surface area contributed by atoms with Crippen molar-refractivity contribution < 1.29 is 4.74 Å². The smallest absolute Gasteiger partial charge is 0.193 e. The monoisotopic (exact) mass is 346 g/mol. The van der Waals surface area contributed by atoms with Gasteiger partial charge in [0.15, 0.2) is 5.96 Å². The molecule has 140 valence electrons. The highest BCUT2D eigenvalue weighted by Crippen LogP contribution is 2.18. The molecule has 0 saturated carbocycles. The third kappa shape index (κ3) is 6.58. The van der Waals surface area contributed by atoms with Crippen molar-refractivity contribution in [3.05, 3.63) is 30.3 Å². The lowest BCUT2D eigenvalue weighted by atomic mass is 10.1. The average molecular weight is 347 g/mol. The lowest BCUT2D eigenvalue weighted by molar-refractivity contribution is 0.129. The molecular formula is C20H34N4O. The van der Waals surface area contributed by atoms with Crippen LogP contribution in [0.25, 0.3) is 0 Å². The van der Waals surface area contributed by atoms with Crippen LogP contribution < -0.4 is 10.1 Å². The molecule has 1 fully saturated rings. The van der Waals surface area contributed by atoms with Crippen LogP contribution in [0.4, 0.5) is 0 Å². The van der Waals surface area contributed by atoms with Crippen LogP contribution in [-0.4, -0.2) is 68.2 Å². The van der Waals surface area contributed by atoms with E-state index in [0.29, 0.717) is 6.10 Å². The Kier molecular flexibility index (Phi) is 8.60. The van der Waals surface area contributed by atoms with E-state index in [4.69, 9.17) is 4.74 Å². The molecular weight excluding hydrogens is 312 g/mol. The summed E-state index contributed by atoms with van der Waals surface area (Å²) in [5.41, 5.74) is 0. The minimum absolute atomic E-state index is 0.303. The van der Waals surface area contributed by atoms with E-state index in [1.807, 2.05) is 37.4 Å². The van der Waals surface area contributed by atoms with Crippen molar-refractivity contribution in [2.24, 2.45) is 4.99 Å².